The van der Waals surface area contributed by atoms with Gasteiger partial charge >= 0.3 is 5.69 Å². The van der Waals surface area contributed by atoms with Crippen LogP contribution in [-0.4, -0.2) is 25.8 Å². The van der Waals surface area contributed by atoms with Gasteiger partial charge in [0.15, 0.2) is 0 Å². The lowest BCUT2D eigenvalue weighted by molar-refractivity contribution is -0.383. The minimum atomic E-state index is -0.636. The smallest absolute Gasteiger partial charge is 0.319 e. The molecule has 0 unspecified atom stereocenters. The molecule has 0 fully saturated rings. The highest BCUT2D eigenvalue weighted by Gasteiger charge is 2.24. The number of hydrazine groups is 1. The number of hydrogen-bond acceptors (Lipinski definition) is 8. The third kappa shape index (κ3) is 4.01. The van der Waals surface area contributed by atoms with Gasteiger partial charge in [-0.3, -0.25) is 25.8 Å². The van der Waals surface area contributed by atoms with E-state index in [1.807, 2.05) is 19.1 Å². The molecule has 1 amide bonds. The summed E-state index contributed by atoms with van der Waals surface area (Å²) >= 11 is 0. The van der Waals surface area contributed by atoms with Crippen LogP contribution in [0.5, 0.6) is 0 Å². The van der Waals surface area contributed by atoms with Gasteiger partial charge in [-0.05, 0) is 37.1 Å². The molecule has 142 valence electrons. The topological polar surface area (TPSA) is 135 Å². The maximum atomic E-state index is 12.3. The minimum Gasteiger partial charge on any atom is -0.319 e. The average molecular weight is 379 g/mol. The van der Waals surface area contributed by atoms with Gasteiger partial charge in [0.2, 0.25) is 11.6 Å². The maximum Gasteiger partial charge on any atom is 0.355 e. The number of nitrogens with zero attached hydrogens (tertiary/aromatic N) is 4. The third-order valence-corrected chi connectivity index (χ3v) is 3.94. The Morgan fingerprint density at radius 3 is 2.39 bits per heavy atom. The van der Waals surface area contributed by atoms with Crippen LogP contribution >= 0.6 is 0 Å². The number of amides is 1. The molecule has 28 heavy (non-hydrogen) atoms. The maximum absolute atomic E-state index is 12.3. The average Bonchev–Trinajstić information content (AvgIpc) is 2.68. The fourth-order valence-corrected chi connectivity index (χ4v) is 2.47. The van der Waals surface area contributed by atoms with E-state index in [9.17, 15) is 14.9 Å². The monoisotopic (exact) mass is 379 g/mol. The molecule has 0 aliphatic heterocycles. The molecule has 3 rings (SSSR count). The summed E-state index contributed by atoms with van der Waals surface area (Å²) in [5, 5.41) is 14.4. The number of anilines is 3. The van der Waals surface area contributed by atoms with Crippen molar-refractivity contribution in [2.24, 2.45) is 0 Å². The van der Waals surface area contributed by atoms with Crippen molar-refractivity contribution in [2.75, 3.05) is 10.7 Å². The van der Waals surface area contributed by atoms with E-state index < -0.39 is 16.5 Å². The molecule has 1 aromatic carbocycles. The van der Waals surface area contributed by atoms with Gasteiger partial charge in [0, 0.05) is 11.8 Å². The highest BCUT2D eigenvalue weighted by molar-refractivity contribution is 5.96. The quantitative estimate of drug-likeness (QED) is 0.439. The second-order valence-electron chi connectivity index (χ2n) is 5.86. The zero-order valence-electron chi connectivity index (χ0n) is 15.1. The third-order valence-electron chi connectivity index (χ3n) is 3.94. The Balaban J connectivity index is 1.85. The SMILES string of the molecule is Cc1ccccc1C(=O)NNc1ncnc(Nc2ncccc2C)c1[N+](=O)[O-]. The Bertz CT molecular complexity index is 1040. The van der Waals surface area contributed by atoms with Crippen molar-refractivity contribution in [3.63, 3.8) is 0 Å². The van der Waals surface area contributed by atoms with E-state index in [1.54, 1.807) is 37.4 Å². The molecule has 10 heteroatoms. The van der Waals surface area contributed by atoms with Crippen molar-refractivity contribution in [3.8, 4) is 0 Å². The van der Waals surface area contributed by atoms with E-state index in [1.165, 1.54) is 0 Å². The van der Waals surface area contributed by atoms with Crippen LogP contribution in [0.1, 0.15) is 21.5 Å². The molecule has 2 heterocycles. The zero-order chi connectivity index (χ0) is 20.1. The van der Waals surface area contributed by atoms with Gasteiger partial charge < -0.3 is 5.32 Å². The summed E-state index contributed by atoms with van der Waals surface area (Å²) in [4.78, 5) is 35.2. The largest absolute Gasteiger partial charge is 0.355 e. The fraction of sp³-hybridized carbons (Fsp3) is 0.111. The van der Waals surface area contributed by atoms with Crippen LogP contribution in [-0.2, 0) is 0 Å². The standard InChI is InChI=1S/C18H17N7O3/c1-11-6-3-4-8-13(11)18(26)24-23-17-14(25(27)28)16(20-10-21-17)22-15-12(2)7-5-9-19-15/h3-10H,1-2H3,(H,24,26)(H2,19,20,21,22,23). The molecule has 0 bridgehead atoms. The number of aryl methyl sites for hydroxylation is 2. The summed E-state index contributed by atoms with van der Waals surface area (Å²) in [5.74, 6) is -0.215. The van der Waals surface area contributed by atoms with E-state index in [4.69, 9.17) is 0 Å². The number of rotatable bonds is 6. The first-order chi connectivity index (χ1) is 13.5. The predicted molar refractivity (Wildman–Crippen MR) is 103 cm³/mol. The molecular formula is C18H17N7O3. The molecule has 0 saturated heterocycles. The Hall–Kier alpha value is -4.08. The Morgan fingerprint density at radius 1 is 0.964 bits per heavy atom. The number of nitrogens with one attached hydrogen (secondary N) is 3. The van der Waals surface area contributed by atoms with Crippen LogP contribution in [0, 0.1) is 24.0 Å². The molecule has 0 aliphatic carbocycles. The van der Waals surface area contributed by atoms with Crippen molar-refractivity contribution < 1.29 is 9.72 Å². The minimum absolute atomic E-state index is 0.0468. The van der Waals surface area contributed by atoms with Gasteiger partial charge in [0.1, 0.15) is 12.1 Å². The summed E-state index contributed by atoms with van der Waals surface area (Å²) in [6, 6.07) is 10.5. The van der Waals surface area contributed by atoms with Gasteiger partial charge in [0.05, 0.1) is 4.92 Å². The molecule has 3 aromatic rings. The van der Waals surface area contributed by atoms with Gasteiger partial charge in [0.25, 0.3) is 5.91 Å². The molecule has 0 spiro atoms. The van der Waals surface area contributed by atoms with Crippen molar-refractivity contribution in [1.82, 2.24) is 20.4 Å². The second-order valence-corrected chi connectivity index (χ2v) is 5.86. The van der Waals surface area contributed by atoms with Crippen LogP contribution in [0.15, 0.2) is 48.9 Å². The molecule has 3 N–H and O–H groups in total. The first-order valence-corrected chi connectivity index (χ1v) is 8.27. The Kier molecular flexibility index (Phi) is 5.40. The van der Waals surface area contributed by atoms with E-state index in [-0.39, 0.29) is 11.6 Å². The van der Waals surface area contributed by atoms with Crippen molar-refractivity contribution in [3.05, 3.63) is 75.7 Å². The van der Waals surface area contributed by atoms with Crippen LogP contribution < -0.4 is 16.2 Å². The normalized spacial score (nSPS) is 10.2. The van der Waals surface area contributed by atoms with Crippen LogP contribution in [0.4, 0.5) is 23.1 Å². The van der Waals surface area contributed by atoms with Gasteiger partial charge in [-0.2, -0.15) is 0 Å². The molecule has 2 aromatic heterocycles. The number of hydrogen-bond donors (Lipinski definition) is 3. The Labute approximate surface area is 160 Å². The van der Waals surface area contributed by atoms with Crippen LogP contribution in [0.2, 0.25) is 0 Å². The molecule has 0 radical (unpaired) electrons. The highest BCUT2D eigenvalue weighted by Crippen LogP contribution is 2.30. The lowest BCUT2D eigenvalue weighted by atomic mass is 10.1. The van der Waals surface area contributed by atoms with E-state index >= 15 is 0 Å². The summed E-state index contributed by atoms with van der Waals surface area (Å²) < 4.78 is 0. The molecular weight excluding hydrogens is 362 g/mol. The lowest BCUT2D eigenvalue weighted by Gasteiger charge is -2.12. The predicted octanol–water partition coefficient (Wildman–Crippen LogP) is 2.90. The summed E-state index contributed by atoms with van der Waals surface area (Å²) in [6.07, 6.45) is 2.71. The van der Waals surface area contributed by atoms with Gasteiger partial charge in [-0.1, -0.05) is 24.3 Å². The van der Waals surface area contributed by atoms with Crippen LogP contribution in [0.3, 0.4) is 0 Å². The summed E-state index contributed by atoms with van der Waals surface area (Å²) in [7, 11) is 0. The number of carbonyl (C=O) groups is 1. The zero-order valence-corrected chi connectivity index (χ0v) is 15.1. The first-order valence-electron chi connectivity index (χ1n) is 8.27. The van der Waals surface area contributed by atoms with Gasteiger partial charge in [-0.15, -0.1) is 0 Å². The van der Waals surface area contributed by atoms with Crippen LogP contribution in [0.25, 0.3) is 0 Å². The number of aromatic nitrogens is 3. The summed E-state index contributed by atoms with van der Waals surface area (Å²) in [5.41, 5.74) is 6.52. The number of carbonyl (C=O) groups excluding carboxylic acids is 1. The molecule has 0 saturated carbocycles. The summed E-state index contributed by atoms with van der Waals surface area (Å²) in [6.45, 7) is 3.60. The van der Waals surface area contributed by atoms with Crippen molar-refractivity contribution in [2.45, 2.75) is 13.8 Å². The molecule has 0 atom stereocenters. The first kappa shape index (κ1) is 18.7. The van der Waals surface area contributed by atoms with Crippen molar-refractivity contribution >= 4 is 29.0 Å². The van der Waals surface area contributed by atoms with E-state index in [2.05, 4.69) is 31.1 Å². The number of benzene rings is 1. The van der Waals surface area contributed by atoms with E-state index in [0.29, 0.717) is 11.4 Å². The number of pyridine rings is 1. The second kappa shape index (κ2) is 8.08. The molecule has 0 aliphatic rings. The van der Waals surface area contributed by atoms with E-state index in [0.717, 1.165) is 17.5 Å². The molecule has 10 nitrogen and oxygen atoms in total. The highest BCUT2D eigenvalue weighted by atomic mass is 16.6. The fourth-order valence-electron chi connectivity index (χ4n) is 2.47. The Morgan fingerprint density at radius 2 is 1.68 bits per heavy atom. The van der Waals surface area contributed by atoms with Gasteiger partial charge in [-0.25, -0.2) is 15.0 Å². The van der Waals surface area contributed by atoms with Crippen molar-refractivity contribution in [1.29, 1.82) is 0 Å². The lowest BCUT2D eigenvalue weighted by Crippen LogP contribution is -2.30. The number of nitro groups is 1.